The first-order valence-corrected chi connectivity index (χ1v) is 12.1. The smallest absolute Gasteiger partial charge is 0.353 e. The number of β-lactam (4-membered cyclic amide) rings is 1. The summed E-state index contributed by atoms with van der Waals surface area (Å²) in [6.45, 7) is 7.55. The van der Waals surface area contributed by atoms with Gasteiger partial charge in [-0.05, 0) is 13.3 Å². The van der Waals surface area contributed by atoms with E-state index in [0.29, 0.717) is 37.5 Å². The van der Waals surface area contributed by atoms with Gasteiger partial charge < -0.3 is 25.5 Å². The molecule has 4 rings (SSSR count). The summed E-state index contributed by atoms with van der Waals surface area (Å²) in [4.78, 5) is 43.2. The van der Waals surface area contributed by atoms with Crippen LogP contribution in [0, 0.1) is 5.92 Å². The van der Waals surface area contributed by atoms with Crippen molar-refractivity contribution in [2.45, 2.75) is 49.6 Å². The molecule has 11 heteroatoms. The van der Waals surface area contributed by atoms with Crippen LogP contribution in [0.25, 0.3) is 0 Å². The molecule has 0 saturated carbocycles. The van der Waals surface area contributed by atoms with Crippen molar-refractivity contribution in [2.24, 2.45) is 5.92 Å². The lowest BCUT2D eigenvalue weighted by molar-refractivity contribution is -0.167. The molecule has 0 bridgehead atoms. The zero-order valence-corrected chi connectivity index (χ0v) is 19.3. The number of carbonyl (C=O) groups excluding carboxylic acids is 2. The first kappa shape index (κ1) is 23.5. The Morgan fingerprint density at radius 2 is 1.97 bits per heavy atom. The monoisotopic (exact) mass is 468 g/mol. The molecule has 32 heavy (non-hydrogen) atoms. The van der Waals surface area contributed by atoms with Crippen LogP contribution in [-0.4, -0.2) is 117 Å². The summed E-state index contributed by atoms with van der Waals surface area (Å²) in [6, 6.07) is -0.313. The van der Waals surface area contributed by atoms with Crippen molar-refractivity contribution in [3.8, 4) is 0 Å². The van der Waals surface area contributed by atoms with Crippen LogP contribution < -0.4 is 5.32 Å². The first-order chi connectivity index (χ1) is 15.2. The molecule has 5 atom stereocenters. The highest BCUT2D eigenvalue weighted by molar-refractivity contribution is 8.03. The van der Waals surface area contributed by atoms with Gasteiger partial charge in [-0.1, -0.05) is 6.92 Å². The first-order valence-electron chi connectivity index (χ1n) is 11.2. The number of β-amino-alcohol motifs (C(OH)–C–C–N with tert-alkyl or cyclic N) is 1. The summed E-state index contributed by atoms with van der Waals surface area (Å²) in [5, 5.41) is 32.6. The van der Waals surface area contributed by atoms with E-state index in [9.17, 15) is 24.6 Å². The van der Waals surface area contributed by atoms with Gasteiger partial charge in [0, 0.05) is 55.3 Å². The number of nitrogens with zero attached hydrogens (tertiary/aromatic N) is 3. The molecule has 0 spiro atoms. The molecule has 4 aliphatic heterocycles. The number of fused-ring (bicyclic) bond motifs is 1. The van der Waals surface area contributed by atoms with Crippen LogP contribution >= 0.6 is 11.8 Å². The lowest BCUT2D eigenvalue weighted by Crippen LogP contribution is -2.68. The number of aliphatic carboxylic acids is 1. The third-order valence-corrected chi connectivity index (χ3v) is 8.90. The summed E-state index contributed by atoms with van der Waals surface area (Å²) in [6.07, 6.45) is -0.124. The van der Waals surface area contributed by atoms with Gasteiger partial charge in [0.2, 0.25) is 11.8 Å². The minimum Gasteiger partial charge on any atom is -0.477 e. The number of amides is 2. The molecule has 0 aromatic heterocycles. The zero-order valence-electron chi connectivity index (χ0n) is 18.5. The quantitative estimate of drug-likeness (QED) is 0.343. The van der Waals surface area contributed by atoms with Crippen molar-refractivity contribution in [3.05, 3.63) is 10.6 Å². The highest BCUT2D eigenvalue weighted by atomic mass is 32.2. The Hall–Kier alpha value is -1.66. The van der Waals surface area contributed by atoms with Crippen LogP contribution in [0.15, 0.2) is 10.6 Å². The Balaban J connectivity index is 1.42. The summed E-state index contributed by atoms with van der Waals surface area (Å²) >= 11 is 1.42. The number of carboxylic acid groups (broad SMARTS) is 1. The van der Waals surface area contributed by atoms with Crippen LogP contribution in [0.4, 0.5) is 0 Å². The van der Waals surface area contributed by atoms with E-state index in [1.165, 1.54) is 16.7 Å². The second kappa shape index (κ2) is 8.94. The molecular formula is C21H32N4O6S. The standard InChI is InChI=1S/C21H32N4O6S/c1-12-18(17(20(30)31)25-16(28)10-21(12,25)13(2)27)32-14-9-15(22-11-14)19(29)24-5-3-23(4-6-24)7-8-26/h12-15,22,26-27H,3-11H2,1-2H3,(H,30,31)/t12-,13?,14-,15+,21?/m0/s1. The van der Waals surface area contributed by atoms with Crippen LogP contribution in [-0.2, 0) is 14.4 Å². The van der Waals surface area contributed by atoms with E-state index < -0.39 is 17.6 Å². The molecule has 4 aliphatic rings. The maximum atomic E-state index is 13.0. The number of carbonyl (C=O) groups is 3. The average molecular weight is 469 g/mol. The Morgan fingerprint density at radius 3 is 2.53 bits per heavy atom. The fourth-order valence-corrected chi connectivity index (χ4v) is 7.06. The fraction of sp³-hybridized carbons (Fsp3) is 0.762. The summed E-state index contributed by atoms with van der Waals surface area (Å²) in [5.74, 6) is -1.66. The molecule has 0 aromatic rings. The molecule has 3 saturated heterocycles. The second-order valence-electron chi connectivity index (χ2n) is 9.14. The fourth-order valence-electron chi connectivity index (χ4n) is 5.53. The van der Waals surface area contributed by atoms with Crippen molar-refractivity contribution in [3.63, 3.8) is 0 Å². The van der Waals surface area contributed by atoms with E-state index in [1.807, 2.05) is 11.8 Å². The molecule has 4 N–H and O–H groups in total. The van der Waals surface area contributed by atoms with Crippen LogP contribution in [0.2, 0.25) is 0 Å². The van der Waals surface area contributed by atoms with Gasteiger partial charge in [-0.2, -0.15) is 0 Å². The minimum absolute atomic E-state index is 0.00581. The van der Waals surface area contributed by atoms with Gasteiger partial charge in [-0.15, -0.1) is 11.8 Å². The lowest BCUT2D eigenvalue weighted by Gasteiger charge is -2.52. The Morgan fingerprint density at radius 1 is 1.28 bits per heavy atom. The number of hydrogen-bond donors (Lipinski definition) is 4. The second-order valence-corrected chi connectivity index (χ2v) is 10.5. The normalized spacial score (nSPS) is 34.0. The molecule has 0 aliphatic carbocycles. The van der Waals surface area contributed by atoms with E-state index in [2.05, 4.69) is 10.2 Å². The molecule has 0 aromatic carbocycles. The summed E-state index contributed by atoms with van der Waals surface area (Å²) in [5.41, 5.74) is -0.905. The van der Waals surface area contributed by atoms with Gasteiger partial charge in [0.25, 0.3) is 0 Å². The lowest BCUT2D eigenvalue weighted by atomic mass is 9.73. The molecule has 4 heterocycles. The molecular weight excluding hydrogens is 436 g/mol. The van der Waals surface area contributed by atoms with Gasteiger partial charge in [-0.25, -0.2) is 4.79 Å². The Kier molecular flexibility index (Phi) is 6.56. The number of aliphatic hydroxyl groups excluding tert-OH is 2. The molecule has 3 fully saturated rings. The highest BCUT2D eigenvalue weighted by Crippen LogP contribution is 2.56. The van der Waals surface area contributed by atoms with E-state index in [-0.39, 0.29) is 47.7 Å². The van der Waals surface area contributed by atoms with E-state index in [4.69, 9.17) is 5.11 Å². The minimum atomic E-state index is -1.16. The topological polar surface area (TPSA) is 134 Å². The Bertz CT molecular complexity index is 827. The zero-order chi connectivity index (χ0) is 23.2. The van der Waals surface area contributed by atoms with Crippen molar-refractivity contribution in [1.29, 1.82) is 0 Å². The van der Waals surface area contributed by atoms with Crippen LogP contribution in [0.3, 0.4) is 0 Å². The molecule has 10 nitrogen and oxygen atoms in total. The van der Waals surface area contributed by atoms with Gasteiger partial charge in [-0.3, -0.25) is 19.4 Å². The number of piperazine rings is 1. The van der Waals surface area contributed by atoms with Crippen LogP contribution in [0.1, 0.15) is 26.7 Å². The SMILES string of the molecule is CC(O)C12CC(=O)N1C(C(=O)O)=C(S[C@@H]1CN[C@@H](C(=O)N3CCN(CCO)CC3)C1)[C@@H]2C. The molecule has 0 radical (unpaired) electrons. The van der Waals surface area contributed by atoms with Gasteiger partial charge in [0.1, 0.15) is 5.70 Å². The van der Waals surface area contributed by atoms with Crippen molar-refractivity contribution >= 4 is 29.5 Å². The number of rotatable bonds is 7. The predicted molar refractivity (Wildman–Crippen MR) is 118 cm³/mol. The van der Waals surface area contributed by atoms with Gasteiger partial charge in [0.15, 0.2) is 0 Å². The average Bonchev–Trinajstić information content (AvgIpc) is 3.29. The molecule has 2 amide bonds. The van der Waals surface area contributed by atoms with Crippen molar-refractivity contribution in [1.82, 2.24) is 20.0 Å². The number of nitrogens with one attached hydrogen (secondary N) is 1. The van der Waals surface area contributed by atoms with Crippen molar-refractivity contribution < 1.29 is 29.7 Å². The number of aliphatic hydroxyl groups is 2. The maximum Gasteiger partial charge on any atom is 0.353 e. The third kappa shape index (κ3) is 3.73. The number of thioether (sulfide) groups is 1. The predicted octanol–water partition coefficient (Wildman–Crippen LogP) is -1.12. The largest absolute Gasteiger partial charge is 0.477 e. The molecule has 2 unspecified atom stereocenters. The molecule has 178 valence electrons. The maximum absolute atomic E-state index is 13.0. The summed E-state index contributed by atoms with van der Waals surface area (Å²) < 4.78 is 0. The van der Waals surface area contributed by atoms with Gasteiger partial charge in [0.05, 0.1) is 30.7 Å². The Labute approximate surface area is 191 Å². The van der Waals surface area contributed by atoms with E-state index in [0.717, 1.165) is 13.1 Å². The van der Waals surface area contributed by atoms with Gasteiger partial charge >= 0.3 is 5.97 Å². The third-order valence-electron chi connectivity index (χ3n) is 7.41. The van der Waals surface area contributed by atoms with E-state index in [1.54, 1.807) is 6.92 Å². The van der Waals surface area contributed by atoms with Crippen LogP contribution in [0.5, 0.6) is 0 Å². The van der Waals surface area contributed by atoms with Crippen molar-refractivity contribution in [2.75, 3.05) is 45.9 Å². The number of hydrogen-bond acceptors (Lipinski definition) is 8. The van der Waals surface area contributed by atoms with E-state index >= 15 is 0 Å². The summed E-state index contributed by atoms with van der Waals surface area (Å²) in [7, 11) is 0. The number of carboxylic acids is 1. The highest BCUT2D eigenvalue weighted by Gasteiger charge is 2.65.